The Morgan fingerprint density at radius 3 is 2.06 bits per heavy atom. The van der Waals surface area contributed by atoms with Crippen molar-refractivity contribution >= 4 is 26.3 Å². The van der Waals surface area contributed by atoms with Crippen molar-refractivity contribution in [1.82, 2.24) is 4.98 Å². The number of piperidine rings is 1. The van der Waals surface area contributed by atoms with Crippen molar-refractivity contribution in [3.05, 3.63) is 47.8 Å². The van der Waals surface area contributed by atoms with Crippen molar-refractivity contribution in [2.45, 2.75) is 23.0 Å². The lowest BCUT2D eigenvalue weighted by Crippen LogP contribution is -2.39. The van der Waals surface area contributed by atoms with Crippen LogP contribution in [0.25, 0.3) is 11.3 Å². The van der Waals surface area contributed by atoms with E-state index in [9.17, 15) is 8.42 Å². The van der Waals surface area contributed by atoms with Crippen LogP contribution in [-0.2, 0) is 9.84 Å². The maximum atomic E-state index is 13.0. The highest BCUT2D eigenvalue weighted by atomic mass is 32.2. The van der Waals surface area contributed by atoms with E-state index in [-0.39, 0.29) is 0 Å². The molecule has 1 saturated heterocycles. The number of sulfone groups is 1. The molecule has 1 aromatic heterocycles. The summed E-state index contributed by atoms with van der Waals surface area (Å²) in [5.74, 6) is 2.06. The summed E-state index contributed by atoms with van der Waals surface area (Å²) in [6.45, 7) is 1.29. The van der Waals surface area contributed by atoms with E-state index in [0.29, 0.717) is 48.1 Å². The van der Waals surface area contributed by atoms with Gasteiger partial charge in [-0.05, 0) is 49.2 Å². The average molecular weight is 475 g/mol. The van der Waals surface area contributed by atoms with E-state index >= 15 is 0 Å². The van der Waals surface area contributed by atoms with Gasteiger partial charge >= 0.3 is 0 Å². The molecule has 2 aromatic carbocycles. The van der Waals surface area contributed by atoms with Crippen LogP contribution in [0.1, 0.15) is 12.8 Å². The van der Waals surface area contributed by atoms with Crippen LogP contribution < -0.4 is 19.1 Å². The minimum absolute atomic E-state index is 0.347. The molecule has 0 spiro atoms. The number of ether oxygens (including phenoxy) is 3. The highest BCUT2D eigenvalue weighted by molar-refractivity contribution is 7.92. The molecule has 9 heteroatoms. The highest BCUT2D eigenvalue weighted by Crippen LogP contribution is 2.34. The fraction of sp³-hybridized carbons (Fsp3) is 0.348. The number of hydrogen-bond acceptors (Lipinski definition) is 8. The topological polar surface area (TPSA) is 78.0 Å². The molecular formula is C23H26N2O5S2. The van der Waals surface area contributed by atoms with Gasteiger partial charge in [-0.15, -0.1) is 11.3 Å². The van der Waals surface area contributed by atoms with E-state index < -0.39 is 15.1 Å². The van der Waals surface area contributed by atoms with Crippen LogP contribution in [0.4, 0.5) is 5.13 Å². The van der Waals surface area contributed by atoms with E-state index in [1.807, 2.05) is 23.6 Å². The largest absolute Gasteiger partial charge is 0.497 e. The van der Waals surface area contributed by atoms with Gasteiger partial charge in [-0.25, -0.2) is 13.4 Å². The summed E-state index contributed by atoms with van der Waals surface area (Å²) in [7, 11) is 1.43. The molecule has 32 heavy (non-hydrogen) atoms. The van der Waals surface area contributed by atoms with Gasteiger partial charge in [0.1, 0.15) is 17.2 Å². The van der Waals surface area contributed by atoms with Crippen LogP contribution >= 0.6 is 11.3 Å². The lowest BCUT2D eigenvalue weighted by atomic mass is 10.1. The third-order valence-electron chi connectivity index (χ3n) is 5.68. The zero-order valence-electron chi connectivity index (χ0n) is 18.3. The minimum atomic E-state index is -3.37. The van der Waals surface area contributed by atoms with Gasteiger partial charge in [0, 0.05) is 30.1 Å². The number of anilines is 1. The molecule has 0 N–H and O–H groups in total. The fourth-order valence-electron chi connectivity index (χ4n) is 3.81. The second kappa shape index (κ2) is 9.38. The number of thiazole rings is 1. The Kier molecular flexibility index (Phi) is 6.57. The van der Waals surface area contributed by atoms with Crippen LogP contribution in [0.3, 0.4) is 0 Å². The predicted molar refractivity (Wildman–Crippen MR) is 126 cm³/mol. The summed E-state index contributed by atoms with van der Waals surface area (Å²) in [4.78, 5) is 7.30. The van der Waals surface area contributed by atoms with Crippen molar-refractivity contribution in [2.75, 3.05) is 39.3 Å². The second-order valence-electron chi connectivity index (χ2n) is 7.52. The zero-order valence-corrected chi connectivity index (χ0v) is 19.9. The predicted octanol–water partition coefficient (Wildman–Crippen LogP) is 4.28. The molecule has 0 amide bonds. The highest BCUT2D eigenvalue weighted by Gasteiger charge is 2.32. The van der Waals surface area contributed by atoms with E-state index in [4.69, 9.17) is 19.2 Å². The molecule has 170 valence electrons. The lowest BCUT2D eigenvalue weighted by Gasteiger charge is -2.31. The molecule has 1 aliphatic heterocycles. The van der Waals surface area contributed by atoms with Crippen LogP contribution in [0.15, 0.2) is 52.7 Å². The Morgan fingerprint density at radius 2 is 1.50 bits per heavy atom. The number of hydrogen-bond donors (Lipinski definition) is 0. The summed E-state index contributed by atoms with van der Waals surface area (Å²) in [5.41, 5.74) is 1.76. The number of rotatable bonds is 7. The lowest BCUT2D eigenvalue weighted by molar-refractivity contribution is 0.394. The molecule has 0 bridgehead atoms. The molecule has 7 nitrogen and oxygen atoms in total. The van der Waals surface area contributed by atoms with Crippen LogP contribution in [0.2, 0.25) is 0 Å². The Hall–Kier alpha value is -2.78. The molecule has 0 aliphatic carbocycles. The first-order valence-electron chi connectivity index (χ1n) is 10.3. The third kappa shape index (κ3) is 4.54. The number of benzene rings is 2. The SMILES string of the molecule is COc1ccc(S(=O)(=O)C2CCN(c3nc(-c4cc(OC)cc(OC)c4)cs3)CC2)cc1. The molecule has 2 heterocycles. The van der Waals surface area contributed by atoms with Gasteiger partial charge < -0.3 is 19.1 Å². The molecule has 0 atom stereocenters. The van der Waals surface area contributed by atoms with Gasteiger partial charge in [-0.3, -0.25) is 0 Å². The maximum absolute atomic E-state index is 13.0. The molecule has 0 saturated carbocycles. The van der Waals surface area contributed by atoms with Crippen molar-refractivity contribution in [1.29, 1.82) is 0 Å². The molecule has 1 aliphatic rings. The summed E-state index contributed by atoms with van der Waals surface area (Å²) in [5, 5.41) is 2.50. The van der Waals surface area contributed by atoms with Gasteiger partial charge in [-0.1, -0.05) is 0 Å². The molecular weight excluding hydrogens is 448 g/mol. The Balaban J connectivity index is 1.45. The Labute approximate surface area is 192 Å². The Bertz CT molecular complexity index is 1150. The summed E-state index contributed by atoms with van der Waals surface area (Å²) in [6.07, 6.45) is 1.13. The van der Waals surface area contributed by atoms with Gasteiger partial charge in [0.15, 0.2) is 15.0 Å². The van der Waals surface area contributed by atoms with E-state index in [1.54, 1.807) is 56.9 Å². The van der Waals surface area contributed by atoms with E-state index in [1.165, 1.54) is 0 Å². The van der Waals surface area contributed by atoms with Crippen LogP contribution in [0, 0.1) is 0 Å². The summed E-state index contributed by atoms with van der Waals surface area (Å²) >= 11 is 1.56. The van der Waals surface area contributed by atoms with Crippen molar-refractivity contribution in [3.8, 4) is 28.5 Å². The second-order valence-corrected chi connectivity index (χ2v) is 10.6. The quantitative estimate of drug-likeness (QED) is 0.506. The van der Waals surface area contributed by atoms with E-state index in [2.05, 4.69) is 4.90 Å². The fourth-order valence-corrected chi connectivity index (χ4v) is 6.43. The first kappa shape index (κ1) is 22.4. The summed E-state index contributed by atoms with van der Waals surface area (Å²) < 4.78 is 41.9. The molecule has 4 rings (SSSR count). The van der Waals surface area contributed by atoms with Crippen molar-refractivity contribution in [2.24, 2.45) is 0 Å². The smallest absolute Gasteiger partial charge is 0.185 e. The third-order valence-corrected chi connectivity index (χ3v) is 8.86. The first-order chi connectivity index (χ1) is 15.4. The Morgan fingerprint density at radius 1 is 0.906 bits per heavy atom. The minimum Gasteiger partial charge on any atom is -0.497 e. The van der Waals surface area contributed by atoms with Gasteiger partial charge in [-0.2, -0.15) is 0 Å². The number of aromatic nitrogens is 1. The zero-order chi connectivity index (χ0) is 22.7. The molecule has 3 aromatic rings. The van der Waals surface area contributed by atoms with Gasteiger partial charge in [0.05, 0.1) is 37.2 Å². The van der Waals surface area contributed by atoms with Gasteiger partial charge in [0.2, 0.25) is 0 Å². The van der Waals surface area contributed by atoms with Crippen LogP contribution in [0.5, 0.6) is 17.2 Å². The summed E-state index contributed by atoms with van der Waals surface area (Å²) in [6, 6.07) is 12.3. The monoisotopic (exact) mass is 474 g/mol. The van der Waals surface area contributed by atoms with Gasteiger partial charge in [0.25, 0.3) is 0 Å². The average Bonchev–Trinajstić information content (AvgIpc) is 3.34. The van der Waals surface area contributed by atoms with Crippen LogP contribution in [-0.4, -0.2) is 53.1 Å². The molecule has 0 radical (unpaired) electrons. The maximum Gasteiger partial charge on any atom is 0.185 e. The molecule has 0 unspecified atom stereocenters. The normalized spacial score (nSPS) is 14.9. The number of methoxy groups -OCH3 is 3. The van der Waals surface area contributed by atoms with Crippen molar-refractivity contribution < 1.29 is 22.6 Å². The molecule has 1 fully saturated rings. The first-order valence-corrected chi connectivity index (χ1v) is 12.7. The standard InChI is InChI=1S/C23H26N2O5S2/c1-28-17-4-6-20(7-5-17)32(26,27)21-8-10-25(11-9-21)23-24-22(15-31-23)16-12-18(29-2)14-19(13-16)30-3/h4-7,12-15,21H,8-11H2,1-3H3. The van der Waals surface area contributed by atoms with E-state index in [0.717, 1.165) is 16.4 Å². The van der Waals surface area contributed by atoms with Crippen molar-refractivity contribution in [3.63, 3.8) is 0 Å². The number of nitrogens with zero attached hydrogens (tertiary/aromatic N) is 2.